The highest BCUT2D eigenvalue weighted by Crippen LogP contribution is 2.44. The highest BCUT2D eigenvalue weighted by molar-refractivity contribution is 6.30. The van der Waals surface area contributed by atoms with E-state index in [9.17, 15) is 57.9 Å². The van der Waals surface area contributed by atoms with Gasteiger partial charge in [0.2, 0.25) is 5.91 Å². The predicted octanol–water partition coefficient (Wildman–Crippen LogP) is 7.00. The van der Waals surface area contributed by atoms with Crippen LogP contribution in [0.1, 0.15) is 45.6 Å². The first-order valence-corrected chi connectivity index (χ1v) is 11.0. The molecule has 2 rings (SSSR count). The molecule has 0 aliphatic rings. The van der Waals surface area contributed by atoms with Gasteiger partial charge in [-0.2, -0.15) is 39.5 Å². The van der Waals surface area contributed by atoms with Gasteiger partial charge in [-0.1, -0.05) is 23.7 Å². The zero-order chi connectivity index (χ0) is 29.9. The van der Waals surface area contributed by atoms with Crippen LogP contribution in [0.4, 0.5) is 48.3 Å². The molecule has 0 aromatic heterocycles. The summed E-state index contributed by atoms with van der Waals surface area (Å²) in [6.45, 7) is -2.80. The summed E-state index contributed by atoms with van der Waals surface area (Å²) in [5.74, 6) is -6.46. The average Bonchev–Trinajstić information content (AvgIpc) is 2.79. The van der Waals surface area contributed by atoms with Crippen LogP contribution in [0.5, 0.6) is 0 Å². The van der Waals surface area contributed by atoms with Crippen molar-refractivity contribution in [3.63, 3.8) is 0 Å². The number of hydrogen-bond donors (Lipinski definition) is 1. The number of hydrogen-bond acceptors (Lipinski definition) is 2. The Morgan fingerprint density at radius 3 is 2.05 bits per heavy atom. The topological polar surface area (TPSA) is 49.4 Å². The first-order valence-electron chi connectivity index (χ1n) is 10.7. The monoisotopic (exact) mass is 598 g/mol. The predicted molar refractivity (Wildman–Crippen MR) is 116 cm³/mol. The first-order chi connectivity index (χ1) is 17.7. The lowest BCUT2D eigenvalue weighted by Crippen LogP contribution is -2.42. The van der Waals surface area contributed by atoms with Gasteiger partial charge < -0.3 is 10.2 Å². The van der Waals surface area contributed by atoms with Crippen LogP contribution in [0, 0.1) is 5.82 Å². The van der Waals surface area contributed by atoms with E-state index in [1.165, 1.54) is 0 Å². The Labute approximate surface area is 218 Å². The van der Waals surface area contributed by atoms with E-state index in [-0.39, 0.29) is 11.0 Å². The molecule has 39 heavy (non-hydrogen) atoms. The van der Waals surface area contributed by atoms with E-state index in [0.29, 0.717) is 30.3 Å². The van der Waals surface area contributed by atoms with Crippen LogP contribution in [0.15, 0.2) is 36.4 Å². The average molecular weight is 599 g/mol. The Bertz CT molecular complexity index is 1200. The van der Waals surface area contributed by atoms with Crippen molar-refractivity contribution >= 4 is 23.4 Å². The van der Waals surface area contributed by atoms with E-state index >= 15 is 0 Å². The molecule has 0 aliphatic carbocycles. The standard InChI is InChI=1S/C23H18ClF11N2O2/c1-37(10-21(27,28)29)19(38)9-36-20(39)13-4-2-12(6-15(13)23(33,34)35)18(26)8-14(22(30,31)32)11-3-5-17(25)16(24)7-11/h2-7,14,18H,8-10H2,1H3,(H,36,39). The largest absolute Gasteiger partial charge is 0.417 e. The van der Waals surface area contributed by atoms with Crippen LogP contribution in [0.2, 0.25) is 5.02 Å². The lowest BCUT2D eigenvalue weighted by Gasteiger charge is -2.23. The molecule has 2 aromatic carbocycles. The van der Waals surface area contributed by atoms with Crippen molar-refractivity contribution in [2.45, 2.75) is 37.0 Å². The summed E-state index contributed by atoms with van der Waals surface area (Å²) < 4.78 is 147. The first kappa shape index (κ1) is 32.1. The maximum Gasteiger partial charge on any atom is 0.417 e. The highest BCUT2D eigenvalue weighted by atomic mass is 35.5. The van der Waals surface area contributed by atoms with Crippen molar-refractivity contribution in [1.29, 1.82) is 0 Å². The van der Waals surface area contributed by atoms with Crippen LogP contribution < -0.4 is 5.32 Å². The van der Waals surface area contributed by atoms with Gasteiger partial charge >= 0.3 is 18.5 Å². The van der Waals surface area contributed by atoms with Crippen molar-refractivity contribution in [3.8, 4) is 0 Å². The van der Waals surface area contributed by atoms with Crippen molar-refractivity contribution in [1.82, 2.24) is 10.2 Å². The maximum atomic E-state index is 14.9. The minimum absolute atomic E-state index is 0.113. The summed E-state index contributed by atoms with van der Waals surface area (Å²) in [5.41, 5.74) is -4.42. The van der Waals surface area contributed by atoms with Gasteiger partial charge in [0.25, 0.3) is 5.91 Å². The van der Waals surface area contributed by atoms with Crippen LogP contribution in [-0.2, 0) is 11.0 Å². The quantitative estimate of drug-likeness (QED) is 0.333. The Hall–Kier alpha value is -3.10. The maximum absolute atomic E-state index is 14.9. The van der Waals surface area contributed by atoms with Crippen LogP contribution in [-0.4, -0.2) is 49.2 Å². The smallest absolute Gasteiger partial charge is 0.343 e. The molecule has 1 N–H and O–H groups in total. The van der Waals surface area contributed by atoms with Crippen LogP contribution in [0.25, 0.3) is 0 Å². The third kappa shape index (κ3) is 8.97. The Kier molecular flexibility index (Phi) is 9.85. The number of nitrogens with zero attached hydrogens (tertiary/aromatic N) is 1. The minimum Gasteiger partial charge on any atom is -0.343 e. The molecule has 2 unspecified atom stereocenters. The van der Waals surface area contributed by atoms with E-state index in [2.05, 4.69) is 0 Å². The molecule has 2 amide bonds. The summed E-state index contributed by atoms with van der Waals surface area (Å²) in [5, 5.41) is 1.04. The number of halogens is 12. The summed E-state index contributed by atoms with van der Waals surface area (Å²) in [4.78, 5) is 24.2. The van der Waals surface area contributed by atoms with Gasteiger partial charge in [0.1, 0.15) is 18.5 Å². The third-order valence-electron chi connectivity index (χ3n) is 5.38. The molecule has 0 saturated carbocycles. The fourth-order valence-electron chi connectivity index (χ4n) is 3.46. The molecule has 16 heteroatoms. The second kappa shape index (κ2) is 12.0. The van der Waals surface area contributed by atoms with E-state index in [0.717, 1.165) is 7.05 Å². The number of carbonyl (C=O) groups excluding carboxylic acids is 2. The highest BCUT2D eigenvalue weighted by Gasteiger charge is 2.43. The van der Waals surface area contributed by atoms with E-state index < -0.39 is 95.0 Å². The molecule has 0 spiro atoms. The molecule has 4 nitrogen and oxygen atoms in total. The SMILES string of the molecule is CN(CC(F)(F)F)C(=O)CNC(=O)c1ccc(C(F)CC(c2ccc(F)c(Cl)c2)C(F)(F)F)cc1C(F)(F)F. The van der Waals surface area contributed by atoms with Gasteiger partial charge in [0, 0.05) is 7.05 Å². The number of benzene rings is 2. The second-order valence-corrected chi connectivity index (χ2v) is 8.73. The fraction of sp³-hybridized carbons (Fsp3) is 0.391. The Morgan fingerprint density at radius 1 is 0.949 bits per heavy atom. The molecular weight excluding hydrogens is 581 g/mol. The minimum atomic E-state index is -5.31. The lowest BCUT2D eigenvalue weighted by molar-refractivity contribution is -0.157. The molecule has 0 aliphatic heterocycles. The number of nitrogens with one attached hydrogen (secondary N) is 1. The summed E-state index contributed by atoms with van der Waals surface area (Å²) in [7, 11) is 0.743. The summed E-state index contributed by atoms with van der Waals surface area (Å²) >= 11 is 5.50. The zero-order valence-corrected chi connectivity index (χ0v) is 20.3. The third-order valence-corrected chi connectivity index (χ3v) is 5.67. The fourth-order valence-corrected chi connectivity index (χ4v) is 3.65. The molecule has 2 aromatic rings. The van der Waals surface area contributed by atoms with Gasteiger partial charge in [-0.25, -0.2) is 8.78 Å². The van der Waals surface area contributed by atoms with Crippen molar-refractivity contribution in [2.24, 2.45) is 0 Å². The van der Waals surface area contributed by atoms with Gasteiger partial charge in [0.05, 0.1) is 28.6 Å². The molecule has 0 saturated heterocycles. The van der Waals surface area contributed by atoms with E-state index in [1.807, 2.05) is 0 Å². The lowest BCUT2D eigenvalue weighted by atomic mass is 9.89. The number of rotatable bonds is 8. The summed E-state index contributed by atoms with van der Waals surface area (Å²) in [6, 6.07) is 3.13. The molecule has 216 valence electrons. The van der Waals surface area contributed by atoms with Gasteiger partial charge in [-0.3, -0.25) is 9.59 Å². The number of likely N-dealkylation sites (N-methyl/N-ethyl adjacent to an activating group) is 1. The van der Waals surface area contributed by atoms with Crippen LogP contribution >= 0.6 is 11.6 Å². The van der Waals surface area contributed by atoms with E-state index in [4.69, 9.17) is 11.6 Å². The van der Waals surface area contributed by atoms with Crippen LogP contribution in [0.3, 0.4) is 0 Å². The number of amides is 2. The molecule has 0 fully saturated rings. The van der Waals surface area contributed by atoms with Gasteiger partial charge in [-0.05, 0) is 41.8 Å². The molecule has 0 bridgehead atoms. The van der Waals surface area contributed by atoms with Crippen molar-refractivity contribution in [2.75, 3.05) is 20.1 Å². The molecule has 0 heterocycles. The van der Waals surface area contributed by atoms with Crippen molar-refractivity contribution in [3.05, 3.63) is 69.5 Å². The van der Waals surface area contributed by atoms with E-state index in [1.54, 1.807) is 5.32 Å². The Balaban J connectivity index is 2.30. The number of carbonyl (C=O) groups is 2. The number of alkyl halides is 10. The summed E-state index contributed by atoms with van der Waals surface area (Å²) in [6.07, 6.45) is -19.2. The van der Waals surface area contributed by atoms with Gasteiger partial charge in [0.15, 0.2) is 0 Å². The normalized spacial score (nSPS) is 14.1. The molecule has 2 atom stereocenters. The molecular formula is C23H18ClF11N2O2. The zero-order valence-electron chi connectivity index (χ0n) is 19.5. The van der Waals surface area contributed by atoms with Crippen molar-refractivity contribution < 1.29 is 57.9 Å². The van der Waals surface area contributed by atoms with Gasteiger partial charge in [-0.15, -0.1) is 0 Å². The Morgan fingerprint density at radius 2 is 1.54 bits per heavy atom. The second-order valence-electron chi connectivity index (χ2n) is 8.32. The molecule has 0 radical (unpaired) electrons.